The predicted molar refractivity (Wildman–Crippen MR) is 141 cm³/mol. The van der Waals surface area contributed by atoms with E-state index in [2.05, 4.69) is 25.5 Å². The van der Waals surface area contributed by atoms with Gasteiger partial charge in [0.05, 0.1) is 12.4 Å². The summed E-state index contributed by atoms with van der Waals surface area (Å²) >= 11 is 0. The van der Waals surface area contributed by atoms with Crippen molar-refractivity contribution in [3.8, 4) is 22.5 Å². The number of benzene rings is 2. The first-order valence-electron chi connectivity index (χ1n) is 13.0. The molecule has 39 heavy (non-hydrogen) atoms. The van der Waals surface area contributed by atoms with Crippen LogP contribution in [0.5, 0.6) is 0 Å². The second kappa shape index (κ2) is 10.2. The monoisotopic (exact) mass is 532 g/mol. The number of H-pyrrole nitrogens is 1. The van der Waals surface area contributed by atoms with Crippen molar-refractivity contribution in [1.29, 1.82) is 0 Å². The number of amides is 1. The van der Waals surface area contributed by atoms with Crippen molar-refractivity contribution in [3.05, 3.63) is 78.0 Å². The third kappa shape index (κ3) is 5.36. The summed E-state index contributed by atoms with van der Waals surface area (Å²) in [5.74, 6) is -3.11. The fourth-order valence-electron chi connectivity index (χ4n) is 5.31. The normalized spacial score (nSPS) is 17.1. The summed E-state index contributed by atoms with van der Waals surface area (Å²) in [7, 11) is 0. The third-order valence-electron chi connectivity index (χ3n) is 7.58. The summed E-state index contributed by atoms with van der Waals surface area (Å²) in [4.78, 5) is 23.4. The molecule has 1 aliphatic carbocycles. The molecule has 2 N–H and O–H groups in total. The molecule has 1 aliphatic heterocycles. The van der Waals surface area contributed by atoms with Crippen LogP contribution in [0.15, 0.2) is 61.1 Å². The van der Waals surface area contributed by atoms with Crippen LogP contribution < -0.4 is 5.32 Å². The maximum absolute atomic E-state index is 14.6. The molecule has 0 atom stereocenters. The highest BCUT2D eigenvalue weighted by atomic mass is 19.3. The molecule has 200 valence electrons. The van der Waals surface area contributed by atoms with Crippen LogP contribution in [0, 0.1) is 11.7 Å². The Morgan fingerprint density at radius 2 is 1.77 bits per heavy atom. The van der Waals surface area contributed by atoms with E-state index in [1.165, 1.54) is 0 Å². The molecule has 0 radical (unpaired) electrons. The zero-order valence-electron chi connectivity index (χ0n) is 21.1. The number of hydrogen-bond donors (Lipinski definition) is 2. The SMILES string of the molecule is O=C(C1CCC(F)(F)CC1)N1CCc2cc(-c3ncc(F)c(Nc4ccc(-c5cn[nH]c5)cc4)n3)ccc2C1. The molecule has 4 aromatic rings. The van der Waals surface area contributed by atoms with Gasteiger partial charge in [0.2, 0.25) is 11.8 Å². The van der Waals surface area contributed by atoms with Crippen LogP contribution in [0.2, 0.25) is 0 Å². The number of aromatic amines is 1. The van der Waals surface area contributed by atoms with Gasteiger partial charge in [-0.1, -0.05) is 24.3 Å². The first kappa shape index (κ1) is 25.1. The minimum atomic E-state index is -2.65. The van der Waals surface area contributed by atoms with E-state index in [1.54, 1.807) is 17.3 Å². The number of carbonyl (C=O) groups excluding carboxylic acids is 1. The number of halogens is 3. The maximum atomic E-state index is 14.6. The molecule has 0 bridgehead atoms. The van der Waals surface area contributed by atoms with Crippen LogP contribution in [-0.2, 0) is 17.8 Å². The molecule has 2 aromatic carbocycles. The predicted octanol–water partition coefficient (Wildman–Crippen LogP) is 6.13. The molecule has 0 unspecified atom stereocenters. The molecule has 1 saturated carbocycles. The highest BCUT2D eigenvalue weighted by molar-refractivity contribution is 5.79. The van der Waals surface area contributed by atoms with Gasteiger partial charge in [-0.15, -0.1) is 0 Å². The summed E-state index contributed by atoms with van der Waals surface area (Å²) in [5.41, 5.74) is 5.45. The second-order valence-corrected chi connectivity index (χ2v) is 10.2. The van der Waals surface area contributed by atoms with Gasteiger partial charge >= 0.3 is 0 Å². The molecule has 2 aromatic heterocycles. The molecule has 0 spiro atoms. The molecule has 1 fully saturated rings. The zero-order chi connectivity index (χ0) is 27.0. The van der Waals surface area contributed by atoms with Gasteiger partial charge in [-0.2, -0.15) is 5.10 Å². The van der Waals surface area contributed by atoms with Gasteiger partial charge in [-0.25, -0.2) is 23.1 Å². The van der Waals surface area contributed by atoms with Gasteiger partial charge < -0.3 is 10.2 Å². The van der Waals surface area contributed by atoms with Gasteiger partial charge in [0, 0.05) is 54.9 Å². The number of nitrogens with one attached hydrogen (secondary N) is 2. The van der Waals surface area contributed by atoms with E-state index in [1.807, 2.05) is 42.5 Å². The van der Waals surface area contributed by atoms with Crippen LogP contribution in [0.1, 0.15) is 36.8 Å². The van der Waals surface area contributed by atoms with Crippen molar-refractivity contribution in [2.75, 3.05) is 11.9 Å². The molecular weight excluding hydrogens is 505 g/mol. The second-order valence-electron chi connectivity index (χ2n) is 10.2. The highest BCUT2D eigenvalue weighted by Gasteiger charge is 2.39. The van der Waals surface area contributed by atoms with Crippen molar-refractivity contribution < 1.29 is 18.0 Å². The van der Waals surface area contributed by atoms with Crippen molar-refractivity contribution in [2.24, 2.45) is 5.92 Å². The highest BCUT2D eigenvalue weighted by Crippen LogP contribution is 2.37. The van der Waals surface area contributed by atoms with Gasteiger partial charge in [0.25, 0.3) is 0 Å². The van der Waals surface area contributed by atoms with Crippen LogP contribution in [0.25, 0.3) is 22.5 Å². The number of aromatic nitrogens is 4. The number of nitrogens with zero attached hydrogens (tertiary/aromatic N) is 4. The fraction of sp³-hybridized carbons (Fsp3) is 0.310. The zero-order valence-corrected chi connectivity index (χ0v) is 21.1. The molecule has 0 saturated heterocycles. The molecular formula is C29H27F3N6O. The van der Waals surface area contributed by atoms with Gasteiger partial charge in [0.1, 0.15) is 0 Å². The van der Waals surface area contributed by atoms with E-state index in [0.29, 0.717) is 31.0 Å². The average molecular weight is 533 g/mol. The number of fused-ring (bicyclic) bond motifs is 1. The summed E-state index contributed by atoms with van der Waals surface area (Å²) in [5, 5.41) is 9.77. The van der Waals surface area contributed by atoms with Gasteiger partial charge in [-0.05, 0) is 54.2 Å². The lowest BCUT2D eigenvalue weighted by molar-refractivity contribution is -0.140. The van der Waals surface area contributed by atoms with E-state index in [4.69, 9.17) is 0 Å². The Bertz CT molecular complexity index is 1480. The first-order valence-corrected chi connectivity index (χ1v) is 13.0. The number of hydrogen-bond acceptors (Lipinski definition) is 5. The molecule has 7 nitrogen and oxygen atoms in total. The van der Waals surface area contributed by atoms with Crippen LogP contribution in [-0.4, -0.2) is 43.4 Å². The molecule has 2 aliphatic rings. The van der Waals surface area contributed by atoms with Crippen molar-refractivity contribution in [3.63, 3.8) is 0 Å². The van der Waals surface area contributed by atoms with Crippen LogP contribution in [0.4, 0.5) is 24.7 Å². The summed E-state index contributed by atoms with van der Waals surface area (Å²) in [6.45, 7) is 0.987. The lowest BCUT2D eigenvalue weighted by atomic mass is 9.85. The van der Waals surface area contributed by atoms with E-state index in [-0.39, 0.29) is 43.3 Å². The van der Waals surface area contributed by atoms with Crippen LogP contribution in [0.3, 0.4) is 0 Å². The Hall–Kier alpha value is -4.21. The molecule has 3 heterocycles. The number of alkyl halides is 2. The maximum Gasteiger partial charge on any atom is 0.248 e. The smallest absolute Gasteiger partial charge is 0.248 e. The van der Waals surface area contributed by atoms with Crippen molar-refractivity contribution in [1.82, 2.24) is 25.1 Å². The summed E-state index contributed by atoms with van der Waals surface area (Å²) in [6, 6.07) is 13.3. The number of rotatable bonds is 5. The van der Waals surface area contributed by atoms with E-state index in [9.17, 15) is 18.0 Å². The Labute approximate surface area is 223 Å². The van der Waals surface area contributed by atoms with E-state index < -0.39 is 11.7 Å². The first-order chi connectivity index (χ1) is 18.8. The number of carbonyl (C=O) groups is 1. The lowest BCUT2D eigenvalue weighted by Gasteiger charge is -2.34. The van der Waals surface area contributed by atoms with Gasteiger partial charge in [-0.3, -0.25) is 9.89 Å². The fourth-order valence-corrected chi connectivity index (χ4v) is 5.31. The topological polar surface area (TPSA) is 86.8 Å². The molecule has 6 rings (SSSR count). The van der Waals surface area contributed by atoms with Crippen molar-refractivity contribution >= 4 is 17.4 Å². The van der Waals surface area contributed by atoms with E-state index in [0.717, 1.165) is 34.0 Å². The molecule has 1 amide bonds. The van der Waals surface area contributed by atoms with E-state index >= 15 is 0 Å². The Kier molecular flexibility index (Phi) is 6.54. The minimum absolute atomic E-state index is 0.0318. The average Bonchev–Trinajstić information content (AvgIpc) is 3.49. The third-order valence-corrected chi connectivity index (χ3v) is 7.58. The summed E-state index contributed by atoms with van der Waals surface area (Å²) in [6.07, 6.45) is 5.36. The Morgan fingerprint density at radius 1 is 1.00 bits per heavy atom. The van der Waals surface area contributed by atoms with Crippen LogP contribution >= 0.6 is 0 Å². The summed E-state index contributed by atoms with van der Waals surface area (Å²) < 4.78 is 41.6. The largest absolute Gasteiger partial charge is 0.338 e. The quantitative estimate of drug-likeness (QED) is 0.323. The lowest BCUT2D eigenvalue weighted by Crippen LogP contribution is -2.42. The molecule has 10 heteroatoms. The van der Waals surface area contributed by atoms with Gasteiger partial charge in [0.15, 0.2) is 17.5 Å². The Morgan fingerprint density at radius 3 is 2.51 bits per heavy atom. The standard InChI is InChI=1S/C29H27F3N6O/c30-25-16-33-26(37-27(25)36-24-5-3-18(4-6-24)23-14-34-35-15-23)21-1-2-22-17-38(12-9-20(22)13-21)28(39)19-7-10-29(31,32)11-8-19/h1-6,13-16,19H,7-12,17H2,(H,34,35)(H,33,36,37). The number of anilines is 2. The van der Waals surface area contributed by atoms with Crippen molar-refractivity contribution in [2.45, 2.75) is 44.6 Å². The Balaban J connectivity index is 1.15. The minimum Gasteiger partial charge on any atom is -0.338 e.